The topological polar surface area (TPSA) is 133 Å². The van der Waals surface area contributed by atoms with Gasteiger partial charge in [0.05, 0.1) is 5.69 Å². The van der Waals surface area contributed by atoms with Gasteiger partial charge in [-0.15, -0.1) is 10.2 Å². The third-order valence-corrected chi connectivity index (χ3v) is 4.43. The molecular weight excluding hydrogens is 382 g/mol. The Morgan fingerprint density at radius 3 is 2.60 bits per heavy atom. The third kappa shape index (κ3) is 3.92. The van der Waals surface area contributed by atoms with E-state index in [0.717, 1.165) is 16.8 Å². The van der Waals surface area contributed by atoms with Gasteiger partial charge in [-0.05, 0) is 30.7 Å². The Morgan fingerprint density at radius 2 is 1.87 bits per heavy atom. The molecule has 0 unspecified atom stereocenters. The number of benzene rings is 1. The van der Waals surface area contributed by atoms with Crippen LogP contribution in [0.2, 0.25) is 0 Å². The van der Waals surface area contributed by atoms with E-state index in [0.29, 0.717) is 23.1 Å². The lowest BCUT2D eigenvalue weighted by atomic mass is 10.1. The van der Waals surface area contributed by atoms with Crippen LogP contribution in [0, 0.1) is 6.92 Å². The number of aromatic amines is 1. The first kappa shape index (κ1) is 19.0. The molecule has 0 atom stereocenters. The monoisotopic (exact) mass is 401 g/mol. The number of nitrogens with one attached hydrogen (secondary N) is 4. The van der Waals surface area contributed by atoms with Crippen molar-refractivity contribution in [2.75, 3.05) is 17.7 Å². The lowest BCUT2D eigenvalue weighted by molar-refractivity contribution is 0.0958. The second-order valence-electron chi connectivity index (χ2n) is 6.35. The number of carbonyl (C=O) groups excluding carboxylic acids is 1. The molecule has 0 fully saturated rings. The molecule has 4 rings (SSSR count). The maximum absolute atomic E-state index is 12.3. The molecule has 0 radical (unpaired) electrons. The van der Waals surface area contributed by atoms with E-state index in [9.17, 15) is 4.79 Å². The Hall–Kier alpha value is -4.34. The summed E-state index contributed by atoms with van der Waals surface area (Å²) in [7, 11) is 1.55. The summed E-state index contributed by atoms with van der Waals surface area (Å²) >= 11 is 0. The Labute approximate surface area is 172 Å². The summed E-state index contributed by atoms with van der Waals surface area (Å²) in [6.07, 6.45) is 3.13. The van der Waals surface area contributed by atoms with Crippen LogP contribution in [0.3, 0.4) is 0 Å². The lowest BCUT2D eigenvalue weighted by Gasteiger charge is -2.15. The predicted molar refractivity (Wildman–Crippen MR) is 113 cm³/mol. The number of hydrogen-bond donors (Lipinski definition) is 4. The number of pyridine rings is 1. The Balaban J connectivity index is 1.71. The molecule has 30 heavy (non-hydrogen) atoms. The highest BCUT2D eigenvalue weighted by atomic mass is 16.1. The number of nitrogens with zero attached hydrogens (tertiary/aromatic N) is 5. The van der Waals surface area contributed by atoms with Gasteiger partial charge in [-0.2, -0.15) is 5.10 Å². The van der Waals surface area contributed by atoms with E-state index in [4.69, 9.17) is 0 Å². The zero-order valence-corrected chi connectivity index (χ0v) is 16.3. The van der Waals surface area contributed by atoms with Crippen LogP contribution in [-0.2, 0) is 0 Å². The van der Waals surface area contributed by atoms with Crippen LogP contribution in [-0.4, -0.2) is 43.3 Å². The van der Waals surface area contributed by atoms with Crippen LogP contribution >= 0.6 is 0 Å². The lowest BCUT2D eigenvalue weighted by Crippen LogP contribution is -2.21. The van der Waals surface area contributed by atoms with E-state index in [1.54, 1.807) is 19.3 Å². The van der Waals surface area contributed by atoms with Gasteiger partial charge in [0.15, 0.2) is 17.3 Å². The number of aromatic nitrogens is 6. The minimum atomic E-state index is -0.349. The molecule has 0 saturated heterocycles. The fraction of sp³-hybridized carbons (Fsp3) is 0.100. The number of hydrogen-bond acceptors (Lipinski definition) is 8. The van der Waals surface area contributed by atoms with Gasteiger partial charge in [0, 0.05) is 30.6 Å². The van der Waals surface area contributed by atoms with Crippen molar-refractivity contribution in [3.05, 3.63) is 66.2 Å². The fourth-order valence-corrected chi connectivity index (χ4v) is 2.91. The van der Waals surface area contributed by atoms with Gasteiger partial charge >= 0.3 is 0 Å². The molecule has 1 amide bonds. The fourth-order valence-electron chi connectivity index (χ4n) is 2.91. The minimum absolute atomic E-state index is 0.175. The summed E-state index contributed by atoms with van der Waals surface area (Å²) in [5, 5.41) is 23.9. The van der Waals surface area contributed by atoms with Crippen molar-refractivity contribution in [1.29, 1.82) is 0 Å². The molecule has 0 spiro atoms. The molecule has 1 aromatic carbocycles. The molecule has 0 aliphatic carbocycles. The van der Waals surface area contributed by atoms with Crippen molar-refractivity contribution in [3.63, 3.8) is 0 Å². The van der Waals surface area contributed by atoms with Gasteiger partial charge in [0.2, 0.25) is 0 Å². The van der Waals surface area contributed by atoms with Crippen molar-refractivity contribution >= 4 is 28.9 Å². The van der Waals surface area contributed by atoms with E-state index in [-0.39, 0.29) is 11.6 Å². The van der Waals surface area contributed by atoms with Gasteiger partial charge in [-0.1, -0.05) is 18.2 Å². The largest absolute Gasteiger partial charge is 0.354 e. The highest BCUT2D eigenvalue weighted by molar-refractivity contribution is 5.98. The van der Waals surface area contributed by atoms with E-state index in [1.165, 1.54) is 6.33 Å². The number of carbonyl (C=O) groups is 1. The first-order valence-electron chi connectivity index (χ1n) is 9.16. The molecule has 3 aromatic heterocycles. The van der Waals surface area contributed by atoms with Gasteiger partial charge < -0.3 is 16.0 Å². The highest BCUT2D eigenvalue weighted by Gasteiger charge is 2.16. The van der Waals surface area contributed by atoms with E-state index in [2.05, 4.69) is 46.3 Å². The van der Waals surface area contributed by atoms with Crippen molar-refractivity contribution in [1.82, 2.24) is 35.7 Å². The average molecular weight is 401 g/mol. The molecule has 0 bridgehead atoms. The summed E-state index contributed by atoms with van der Waals surface area (Å²) in [6.45, 7) is 1.96. The molecule has 4 N–H and O–H groups in total. The summed E-state index contributed by atoms with van der Waals surface area (Å²) < 4.78 is 0. The normalized spacial score (nSPS) is 10.5. The van der Waals surface area contributed by atoms with Crippen LogP contribution in [0.4, 0.5) is 23.0 Å². The van der Waals surface area contributed by atoms with Crippen LogP contribution < -0.4 is 16.0 Å². The minimum Gasteiger partial charge on any atom is -0.354 e. The van der Waals surface area contributed by atoms with E-state index >= 15 is 0 Å². The Morgan fingerprint density at radius 1 is 0.967 bits per heavy atom. The molecule has 10 nitrogen and oxygen atoms in total. The first-order chi connectivity index (χ1) is 14.7. The number of amides is 1. The zero-order valence-electron chi connectivity index (χ0n) is 16.3. The van der Waals surface area contributed by atoms with Crippen molar-refractivity contribution < 1.29 is 4.79 Å². The van der Waals surface area contributed by atoms with E-state index in [1.807, 2.05) is 43.3 Å². The van der Waals surface area contributed by atoms with Crippen molar-refractivity contribution in [2.45, 2.75) is 6.92 Å². The molecule has 0 saturated carbocycles. The van der Waals surface area contributed by atoms with E-state index < -0.39 is 0 Å². The van der Waals surface area contributed by atoms with Gasteiger partial charge in [-0.25, -0.2) is 9.97 Å². The maximum atomic E-state index is 12.3. The molecule has 10 heteroatoms. The van der Waals surface area contributed by atoms with Crippen molar-refractivity contribution in [2.24, 2.45) is 0 Å². The third-order valence-electron chi connectivity index (χ3n) is 4.43. The summed E-state index contributed by atoms with van der Waals surface area (Å²) in [5.41, 5.74) is 3.31. The average Bonchev–Trinajstić information content (AvgIpc) is 3.30. The number of rotatable bonds is 6. The quantitative estimate of drug-likeness (QED) is 0.388. The van der Waals surface area contributed by atoms with Gasteiger partial charge in [0.25, 0.3) is 5.91 Å². The standard InChI is InChI=1S/C20H19N9O/c1-12-13(19-23-11-24-29-19)6-5-7-14(12)25-15-10-17(26-16-8-3-4-9-22-16)27-28-18(15)20(30)21-2/h3-11H,1-2H3,(H,21,30)(H,23,24,29)(H2,22,25,26,27). The molecule has 3 heterocycles. The molecule has 150 valence electrons. The van der Waals surface area contributed by atoms with Crippen LogP contribution in [0.25, 0.3) is 11.4 Å². The van der Waals surface area contributed by atoms with Crippen LogP contribution in [0.5, 0.6) is 0 Å². The maximum Gasteiger partial charge on any atom is 0.273 e. The SMILES string of the molecule is CNC(=O)c1nnc(Nc2ccccn2)cc1Nc1cccc(-c2ncn[nH]2)c1C. The summed E-state index contributed by atoms with van der Waals surface area (Å²) in [5.74, 6) is 1.38. The number of H-pyrrole nitrogens is 1. The van der Waals surface area contributed by atoms with Crippen LogP contribution in [0.1, 0.15) is 16.1 Å². The predicted octanol–water partition coefficient (Wildman–Crippen LogP) is 2.81. The Bertz CT molecular complexity index is 1160. The molecule has 0 aliphatic heterocycles. The smallest absolute Gasteiger partial charge is 0.273 e. The second-order valence-corrected chi connectivity index (χ2v) is 6.35. The molecule has 4 aromatic rings. The second kappa shape index (κ2) is 8.35. The molecular formula is C20H19N9O. The molecule has 0 aliphatic rings. The summed E-state index contributed by atoms with van der Waals surface area (Å²) in [4.78, 5) is 20.8. The van der Waals surface area contributed by atoms with Crippen molar-refractivity contribution in [3.8, 4) is 11.4 Å². The number of anilines is 4. The zero-order chi connectivity index (χ0) is 20.9. The van der Waals surface area contributed by atoms with Gasteiger partial charge in [0.1, 0.15) is 12.1 Å². The van der Waals surface area contributed by atoms with Crippen LogP contribution in [0.15, 0.2) is 55.0 Å². The van der Waals surface area contributed by atoms with Gasteiger partial charge in [-0.3, -0.25) is 9.89 Å². The highest BCUT2D eigenvalue weighted by Crippen LogP contribution is 2.30. The Kier molecular flexibility index (Phi) is 5.29. The summed E-state index contributed by atoms with van der Waals surface area (Å²) in [6, 6.07) is 13.0. The first-order valence-corrected chi connectivity index (χ1v) is 9.16.